The van der Waals surface area contributed by atoms with Crippen molar-refractivity contribution in [2.45, 2.75) is 20.3 Å². The van der Waals surface area contributed by atoms with Crippen molar-refractivity contribution >= 4 is 11.4 Å². The minimum absolute atomic E-state index is 0.0349. The molecule has 0 saturated heterocycles. The Morgan fingerprint density at radius 3 is 2.43 bits per heavy atom. The van der Waals surface area contributed by atoms with Crippen LogP contribution in [0.1, 0.15) is 23.7 Å². The largest absolute Gasteiger partial charge is 0.508 e. The number of aromatic hydroxyl groups is 1. The van der Waals surface area contributed by atoms with Crippen LogP contribution in [0.3, 0.4) is 0 Å². The van der Waals surface area contributed by atoms with Crippen LogP contribution in [0.15, 0.2) is 58.3 Å². The van der Waals surface area contributed by atoms with Gasteiger partial charge in [0.05, 0.1) is 16.2 Å². The van der Waals surface area contributed by atoms with Crippen molar-refractivity contribution in [3.05, 3.63) is 85.8 Å². The number of phenols is 1. The standard InChI is InChI=1S/C20H20N4O4/c1-13(21-12-11-15-3-9-18(25)10-4-15)19-14(2)22-23(20(19)26)16-5-7-17(8-6-16)24(27)28/h3-10,22,25H,11-12H2,1-2H3. The average Bonchev–Trinajstić information content (AvgIpc) is 2.97. The average molecular weight is 380 g/mol. The molecule has 2 aromatic carbocycles. The van der Waals surface area contributed by atoms with E-state index >= 15 is 0 Å². The van der Waals surface area contributed by atoms with E-state index in [1.807, 2.05) is 12.1 Å². The topological polar surface area (TPSA) is 114 Å². The third kappa shape index (κ3) is 4.01. The van der Waals surface area contributed by atoms with Crippen LogP contribution >= 0.6 is 0 Å². The van der Waals surface area contributed by atoms with Crippen LogP contribution in [-0.4, -0.2) is 32.1 Å². The Hall–Kier alpha value is -3.68. The molecule has 3 aromatic rings. The molecule has 0 radical (unpaired) electrons. The highest BCUT2D eigenvalue weighted by Crippen LogP contribution is 2.15. The number of rotatable bonds is 6. The maximum Gasteiger partial charge on any atom is 0.280 e. The Morgan fingerprint density at radius 2 is 1.82 bits per heavy atom. The zero-order valence-electron chi connectivity index (χ0n) is 15.5. The number of H-pyrrole nitrogens is 1. The van der Waals surface area contributed by atoms with Crippen LogP contribution in [0, 0.1) is 17.0 Å². The number of aromatic amines is 1. The maximum atomic E-state index is 12.8. The quantitative estimate of drug-likeness (QED) is 0.388. The number of aliphatic imine (C=N–C) groups is 1. The number of aromatic nitrogens is 2. The van der Waals surface area contributed by atoms with Gasteiger partial charge in [-0.1, -0.05) is 12.1 Å². The van der Waals surface area contributed by atoms with Crippen molar-refractivity contribution in [2.75, 3.05) is 6.54 Å². The van der Waals surface area contributed by atoms with Crippen molar-refractivity contribution in [1.29, 1.82) is 0 Å². The van der Waals surface area contributed by atoms with E-state index < -0.39 is 4.92 Å². The fraction of sp³-hybridized carbons (Fsp3) is 0.200. The van der Waals surface area contributed by atoms with E-state index in [9.17, 15) is 20.0 Å². The summed E-state index contributed by atoms with van der Waals surface area (Å²) in [4.78, 5) is 27.6. The number of aryl methyl sites for hydroxylation is 1. The molecule has 28 heavy (non-hydrogen) atoms. The third-order valence-corrected chi connectivity index (χ3v) is 4.44. The summed E-state index contributed by atoms with van der Waals surface area (Å²) in [6, 6.07) is 12.7. The predicted molar refractivity (Wildman–Crippen MR) is 107 cm³/mol. The second kappa shape index (κ2) is 7.91. The Kier molecular flexibility index (Phi) is 5.39. The van der Waals surface area contributed by atoms with Crippen LogP contribution in [0.25, 0.3) is 5.69 Å². The summed E-state index contributed by atoms with van der Waals surface area (Å²) in [5, 5.41) is 23.1. The molecule has 2 N–H and O–H groups in total. The van der Waals surface area contributed by atoms with E-state index in [1.54, 1.807) is 26.0 Å². The first-order chi connectivity index (χ1) is 13.4. The molecule has 0 unspecified atom stereocenters. The SMILES string of the molecule is CC(=NCCc1ccc(O)cc1)c1c(C)[nH]n(-c2ccc([N+](=O)[O-])cc2)c1=O. The molecule has 8 heteroatoms. The molecule has 144 valence electrons. The highest BCUT2D eigenvalue weighted by atomic mass is 16.6. The molecule has 1 aromatic heterocycles. The Balaban J connectivity index is 1.81. The molecule has 0 aliphatic rings. The number of nitrogens with one attached hydrogen (secondary N) is 1. The van der Waals surface area contributed by atoms with Gasteiger partial charge in [0.15, 0.2) is 0 Å². The summed E-state index contributed by atoms with van der Waals surface area (Å²) >= 11 is 0. The predicted octanol–water partition coefficient (Wildman–Crippen LogP) is 3.14. The molecule has 0 atom stereocenters. The first-order valence-electron chi connectivity index (χ1n) is 8.72. The summed E-state index contributed by atoms with van der Waals surface area (Å²) in [5.74, 6) is 0.221. The molecule has 0 spiro atoms. The van der Waals surface area contributed by atoms with Crippen molar-refractivity contribution in [3.8, 4) is 11.4 Å². The van der Waals surface area contributed by atoms with Crippen molar-refractivity contribution in [1.82, 2.24) is 9.78 Å². The monoisotopic (exact) mass is 380 g/mol. The van der Waals surface area contributed by atoms with Crippen LogP contribution in [0.4, 0.5) is 5.69 Å². The molecular weight excluding hydrogens is 360 g/mol. The summed E-state index contributed by atoms with van der Waals surface area (Å²) in [6.07, 6.45) is 0.692. The van der Waals surface area contributed by atoms with Gasteiger partial charge in [-0.15, -0.1) is 0 Å². The molecule has 1 heterocycles. The number of phenolic OH excluding ortho intramolecular Hbond substituents is 1. The molecule has 0 bridgehead atoms. The lowest BCUT2D eigenvalue weighted by molar-refractivity contribution is -0.384. The van der Waals surface area contributed by atoms with Gasteiger partial charge in [0, 0.05) is 30.1 Å². The van der Waals surface area contributed by atoms with Crippen molar-refractivity contribution < 1.29 is 10.0 Å². The van der Waals surface area contributed by atoms with Gasteiger partial charge < -0.3 is 5.11 Å². The highest BCUT2D eigenvalue weighted by Gasteiger charge is 2.15. The molecule has 0 fully saturated rings. The van der Waals surface area contributed by atoms with Crippen LogP contribution in [0.2, 0.25) is 0 Å². The first kappa shape index (κ1) is 19.1. The lowest BCUT2D eigenvalue weighted by atomic mass is 10.1. The summed E-state index contributed by atoms with van der Waals surface area (Å²) in [5.41, 5.74) is 3.06. The van der Waals surface area contributed by atoms with Crippen LogP contribution in [0.5, 0.6) is 5.75 Å². The van der Waals surface area contributed by atoms with Gasteiger partial charge in [-0.05, 0) is 50.1 Å². The third-order valence-electron chi connectivity index (χ3n) is 4.44. The number of hydrogen-bond donors (Lipinski definition) is 2. The number of hydrogen-bond acceptors (Lipinski definition) is 5. The lowest BCUT2D eigenvalue weighted by Gasteiger charge is -2.01. The lowest BCUT2D eigenvalue weighted by Crippen LogP contribution is -2.20. The number of non-ortho nitro benzene ring substituents is 1. The summed E-state index contributed by atoms with van der Waals surface area (Å²) in [7, 11) is 0. The van der Waals surface area contributed by atoms with E-state index in [1.165, 1.54) is 28.9 Å². The molecular formula is C20H20N4O4. The fourth-order valence-electron chi connectivity index (χ4n) is 2.97. The number of nitro groups is 1. The van der Waals surface area contributed by atoms with Gasteiger partial charge in [0.1, 0.15) is 5.75 Å². The minimum atomic E-state index is -0.483. The maximum absolute atomic E-state index is 12.8. The van der Waals surface area contributed by atoms with E-state index in [-0.39, 0.29) is 17.0 Å². The Morgan fingerprint density at radius 1 is 1.18 bits per heavy atom. The van der Waals surface area contributed by atoms with E-state index in [4.69, 9.17) is 0 Å². The number of nitro benzene ring substituents is 1. The van der Waals surface area contributed by atoms with Gasteiger partial charge in [-0.3, -0.25) is 25.0 Å². The second-order valence-corrected chi connectivity index (χ2v) is 6.41. The fourth-order valence-corrected chi connectivity index (χ4v) is 2.97. The Labute approximate surface area is 160 Å². The van der Waals surface area contributed by atoms with E-state index in [0.29, 0.717) is 35.6 Å². The van der Waals surface area contributed by atoms with Gasteiger partial charge in [0.2, 0.25) is 0 Å². The Bertz CT molecular complexity index is 1080. The molecule has 0 aliphatic carbocycles. The zero-order chi connectivity index (χ0) is 20.3. The second-order valence-electron chi connectivity index (χ2n) is 6.41. The zero-order valence-corrected chi connectivity index (χ0v) is 15.5. The first-order valence-corrected chi connectivity index (χ1v) is 8.72. The van der Waals surface area contributed by atoms with Crippen molar-refractivity contribution in [2.24, 2.45) is 4.99 Å². The molecule has 0 aliphatic heterocycles. The van der Waals surface area contributed by atoms with Crippen LogP contribution in [-0.2, 0) is 6.42 Å². The molecule has 0 amide bonds. The summed E-state index contributed by atoms with van der Waals surface area (Å²) in [6.45, 7) is 4.09. The molecule has 8 nitrogen and oxygen atoms in total. The van der Waals surface area contributed by atoms with E-state index in [0.717, 1.165) is 5.56 Å². The van der Waals surface area contributed by atoms with Crippen molar-refractivity contribution in [3.63, 3.8) is 0 Å². The minimum Gasteiger partial charge on any atom is -0.508 e. The number of benzene rings is 2. The number of nitrogens with zero attached hydrogens (tertiary/aromatic N) is 3. The van der Waals surface area contributed by atoms with E-state index in [2.05, 4.69) is 10.1 Å². The summed E-state index contributed by atoms with van der Waals surface area (Å²) < 4.78 is 1.35. The molecule has 3 rings (SSSR count). The smallest absolute Gasteiger partial charge is 0.280 e. The van der Waals surface area contributed by atoms with Gasteiger partial charge >= 0.3 is 0 Å². The molecule has 0 saturated carbocycles. The normalized spacial score (nSPS) is 11.6. The highest BCUT2D eigenvalue weighted by molar-refractivity contribution is 5.99. The van der Waals surface area contributed by atoms with Gasteiger partial charge in [0.25, 0.3) is 11.2 Å². The van der Waals surface area contributed by atoms with Gasteiger partial charge in [-0.2, -0.15) is 0 Å². The van der Waals surface area contributed by atoms with Gasteiger partial charge in [-0.25, -0.2) is 4.68 Å². The van der Waals surface area contributed by atoms with Crippen LogP contribution < -0.4 is 5.56 Å².